The van der Waals surface area contributed by atoms with Gasteiger partial charge in [-0.25, -0.2) is 4.79 Å². The molecule has 1 saturated carbocycles. The first-order chi connectivity index (χ1) is 7.47. The molecule has 0 saturated heterocycles. The second-order valence-corrected chi connectivity index (χ2v) is 5.27. The summed E-state index contributed by atoms with van der Waals surface area (Å²) in [6, 6.07) is 5.74. The van der Waals surface area contributed by atoms with Crippen LogP contribution in [-0.4, -0.2) is 22.3 Å². The molecule has 4 heteroatoms. The van der Waals surface area contributed by atoms with Crippen molar-refractivity contribution in [2.24, 2.45) is 0 Å². The second-order valence-electron chi connectivity index (χ2n) is 4.36. The summed E-state index contributed by atoms with van der Waals surface area (Å²) >= 11 is 3.37. The number of aliphatic hydroxyl groups excluding tert-OH is 1. The Kier molecular flexibility index (Phi) is 2.80. The van der Waals surface area contributed by atoms with Gasteiger partial charge in [-0.05, 0) is 43.0 Å². The van der Waals surface area contributed by atoms with E-state index in [0.29, 0.717) is 0 Å². The normalized spacial score (nSPS) is 19.2. The highest BCUT2D eigenvalue weighted by Gasteiger charge is 2.54. The fraction of sp³-hybridized carbons (Fsp3) is 0.417. The lowest BCUT2D eigenvalue weighted by Gasteiger charge is -2.21. The van der Waals surface area contributed by atoms with Crippen molar-refractivity contribution in [1.82, 2.24) is 0 Å². The Labute approximate surface area is 102 Å². The standard InChI is InChI=1S/C12H13BrO3/c1-7-6-8(13)2-3-9(7)12(4-5-12)10(14)11(15)16/h2-3,6,10,14H,4-5H2,1H3,(H,15,16). The number of halogens is 1. The minimum atomic E-state index is -1.30. The monoisotopic (exact) mass is 284 g/mol. The minimum Gasteiger partial charge on any atom is -0.479 e. The molecule has 1 atom stereocenters. The Hall–Kier alpha value is -0.870. The summed E-state index contributed by atoms with van der Waals surface area (Å²) in [7, 11) is 0. The van der Waals surface area contributed by atoms with Gasteiger partial charge >= 0.3 is 5.97 Å². The average Bonchev–Trinajstić information content (AvgIpc) is 2.97. The smallest absolute Gasteiger partial charge is 0.333 e. The van der Waals surface area contributed by atoms with Crippen LogP contribution in [0.5, 0.6) is 0 Å². The van der Waals surface area contributed by atoms with E-state index in [2.05, 4.69) is 15.9 Å². The van der Waals surface area contributed by atoms with Gasteiger partial charge in [-0.3, -0.25) is 0 Å². The summed E-state index contributed by atoms with van der Waals surface area (Å²) in [5, 5.41) is 18.7. The van der Waals surface area contributed by atoms with Crippen LogP contribution in [0.3, 0.4) is 0 Å². The number of aliphatic hydroxyl groups is 1. The Morgan fingerprint density at radius 2 is 2.12 bits per heavy atom. The highest BCUT2D eigenvalue weighted by molar-refractivity contribution is 9.10. The highest BCUT2D eigenvalue weighted by atomic mass is 79.9. The molecule has 0 bridgehead atoms. The van der Waals surface area contributed by atoms with Crippen LogP contribution in [0.1, 0.15) is 24.0 Å². The maximum Gasteiger partial charge on any atom is 0.333 e. The molecule has 1 unspecified atom stereocenters. The van der Waals surface area contributed by atoms with E-state index in [9.17, 15) is 9.90 Å². The molecule has 1 aliphatic carbocycles. The van der Waals surface area contributed by atoms with E-state index in [4.69, 9.17) is 5.11 Å². The fourth-order valence-electron chi connectivity index (χ4n) is 2.25. The summed E-state index contributed by atoms with van der Waals surface area (Å²) in [6.07, 6.45) is 0.179. The lowest BCUT2D eigenvalue weighted by atomic mass is 9.87. The van der Waals surface area contributed by atoms with E-state index < -0.39 is 17.5 Å². The molecule has 16 heavy (non-hydrogen) atoms. The Bertz CT molecular complexity index is 438. The van der Waals surface area contributed by atoms with Crippen LogP contribution in [0, 0.1) is 6.92 Å². The third-order valence-corrected chi connectivity index (χ3v) is 3.76. The van der Waals surface area contributed by atoms with Crippen molar-refractivity contribution in [3.05, 3.63) is 33.8 Å². The molecule has 1 aliphatic rings. The van der Waals surface area contributed by atoms with Gasteiger partial charge in [-0.2, -0.15) is 0 Å². The summed E-state index contributed by atoms with van der Waals surface area (Å²) in [4.78, 5) is 10.9. The topological polar surface area (TPSA) is 57.5 Å². The van der Waals surface area contributed by atoms with Crippen molar-refractivity contribution >= 4 is 21.9 Å². The van der Waals surface area contributed by atoms with Crippen LogP contribution in [0.25, 0.3) is 0 Å². The fourth-order valence-corrected chi connectivity index (χ4v) is 2.72. The summed E-state index contributed by atoms with van der Waals surface area (Å²) in [5.74, 6) is -1.14. The van der Waals surface area contributed by atoms with Crippen LogP contribution < -0.4 is 0 Å². The quantitative estimate of drug-likeness (QED) is 0.895. The predicted molar refractivity (Wildman–Crippen MR) is 63.4 cm³/mol. The molecule has 1 aromatic carbocycles. The zero-order chi connectivity index (χ0) is 11.9. The van der Waals surface area contributed by atoms with Gasteiger partial charge in [-0.1, -0.05) is 22.0 Å². The van der Waals surface area contributed by atoms with E-state index in [0.717, 1.165) is 28.4 Å². The van der Waals surface area contributed by atoms with Crippen LogP contribution >= 0.6 is 15.9 Å². The number of aliphatic carboxylic acids is 1. The van der Waals surface area contributed by atoms with Crippen molar-refractivity contribution in [1.29, 1.82) is 0 Å². The van der Waals surface area contributed by atoms with E-state index in [1.807, 2.05) is 25.1 Å². The number of carbonyl (C=O) groups is 1. The number of rotatable bonds is 3. The molecule has 1 aromatic rings. The van der Waals surface area contributed by atoms with Gasteiger partial charge in [0, 0.05) is 9.89 Å². The molecule has 2 rings (SSSR count). The Balaban J connectivity index is 2.40. The second kappa shape index (κ2) is 3.86. The molecular formula is C12H13BrO3. The maximum atomic E-state index is 10.9. The molecule has 0 aliphatic heterocycles. The van der Waals surface area contributed by atoms with E-state index in [1.54, 1.807) is 0 Å². The molecule has 0 spiro atoms. The van der Waals surface area contributed by atoms with Crippen molar-refractivity contribution < 1.29 is 15.0 Å². The third-order valence-electron chi connectivity index (χ3n) is 3.27. The van der Waals surface area contributed by atoms with Crippen LogP contribution in [0.15, 0.2) is 22.7 Å². The minimum absolute atomic E-state index is 0.559. The molecule has 0 heterocycles. The first kappa shape index (κ1) is 11.6. The van der Waals surface area contributed by atoms with Gasteiger partial charge in [-0.15, -0.1) is 0 Å². The lowest BCUT2D eigenvalue weighted by molar-refractivity contribution is -0.148. The van der Waals surface area contributed by atoms with Gasteiger partial charge in [0.2, 0.25) is 0 Å². The SMILES string of the molecule is Cc1cc(Br)ccc1C1(C(O)C(=O)O)CC1. The van der Waals surface area contributed by atoms with Crippen molar-refractivity contribution in [3.63, 3.8) is 0 Å². The molecule has 0 radical (unpaired) electrons. The molecule has 2 N–H and O–H groups in total. The summed E-state index contributed by atoms with van der Waals surface area (Å²) in [6.45, 7) is 1.94. The Morgan fingerprint density at radius 3 is 2.56 bits per heavy atom. The molecule has 3 nitrogen and oxygen atoms in total. The van der Waals surface area contributed by atoms with Crippen molar-refractivity contribution in [2.45, 2.75) is 31.3 Å². The zero-order valence-corrected chi connectivity index (χ0v) is 10.5. The maximum absolute atomic E-state index is 10.9. The number of aryl methyl sites for hydroxylation is 1. The number of carboxylic acids is 1. The van der Waals surface area contributed by atoms with E-state index in [-0.39, 0.29) is 0 Å². The van der Waals surface area contributed by atoms with Crippen LogP contribution in [0.2, 0.25) is 0 Å². The van der Waals surface area contributed by atoms with Crippen LogP contribution in [-0.2, 0) is 10.2 Å². The van der Waals surface area contributed by atoms with Gasteiger partial charge in [0.25, 0.3) is 0 Å². The summed E-state index contributed by atoms with van der Waals surface area (Å²) < 4.78 is 0.967. The van der Waals surface area contributed by atoms with Gasteiger partial charge in [0.1, 0.15) is 0 Å². The number of hydrogen-bond acceptors (Lipinski definition) is 2. The lowest BCUT2D eigenvalue weighted by Crippen LogP contribution is -2.34. The van der Waals surface area contributed by atoms with E-state index in [1.165, 1.54) is 0 Å². The zero-order valence-electron chi connectivity index (χ0n) is 8.90. The molecule has 1 fully saturated rings. The molecule has 86 valence electrons. The average molecular weight is 285 g/mol. The predicted octanol–water partition coefficient (Wildman–Crippen LogP) is 2.23. The highest BCUT2D eigenvalue weighted by Crippen LogP contribution is 2.52. The number of hydrogen-bond donors (Lipinski definition) is 2. The van der Waals surface area contributed by atoms with Crippen molar-refractivity contribution in [3.8, 4) is 0 Å². The van der Waals surface area contributed by atoms with Gasteiger partial charge in [0.05, 0.1) is 0 Å². The number of carboxylic acid groups (broad SMARTS) is 1. The van der Waals surface area contributed by atoms with Crippen molar-refractivity contribution in [2.75, 3.05) is 0 Å². The molecular weight excluding hydrogens is 272 g/mol. The molecule has 0 amide bonds. The largest absolute Gasteiger partial charge is 0.479 e. The van der Waals surface area contributed by atoms with E-state index >= 15 is 0 Å². The Morgan fingerprint density at radius 1 is 1.50 bits per heavy atom. The summed E-state index contributed by atoms with van der Waals surface area (Å²) in [5.41, 5.74) is 1.41. The first-order valence-corrected chi connectivity index (χ1v) is 5.94. The van der Waals surface area contributed by atoms with Gasteiger partial charge < -0.3 is 10.2 Å². The first-order valence-electron chi connectivity index (χ1n) is 5.15. The van der Waals surface area contributed by atoms with Gasteiger partial charge in [0.15, 0.2) is 6.10 Å². The number of benzene rings is 1. The van der Waals surface area contributed by atoms with Crippen LogP contribution in [0.4, 0.5) is 0 Å². The third kappa shape index (κ3) is 1.76. The molecule has 0 aromatic heterocycles.